The number of ether oxygens (including phenoxy) is 2. The zero-order valence-electron chi connectivity index (χ0n) is 16.8. The number of guanidine groups is 1. The lowest BCUT2D eigenvalue weighted by Crippen LogP contribution is -2.41. The van der Waals surface area contributed by atoms with Gasteiger partial charge < -0.3 is 19.7 Å². The molecule has 158 valence electrons. The number of aromatic nitrogens is 1. The van der Waals surface area contributed by atoms with E-state index in [1.54, 1.807) is 18.3 Å². The molecule has 0 spiro atoms. The zero-order valence-corrected chi connectivity index (χ0v) is 19.1. The molecule has 0 radical (unpaired) electrons. The Morgan fingerprint density at radius 2 is 2.14 bits per heavy atom. The maximum atomic E-state index is 13.0. The molecule has 1 aliphatic heterocycles. The molecule has 1 unspecified atom stereocenters. The van der Waals surface area contributed by atoms with Crippen LogP contribution in [0.2, 0.25) is 0 Å². The third kappa shape index (κ3) is 7.43. The molecule has 1 saturated heterocycles. The van der Waals surface area contributed by atoms with Crippen molar-refractivity contribution >= 4 is 29.9 Å². The molecule has 0 saturated carbocycles. The van der Waals surface area contributed by atoms with E-state index >= 15 is 0 Å². The van der Waals surface area contributed by atoms with Crippen molar-refractivity contribution in [2.24, 2.45) is 10.9 Å². The SMILES string of the molecule is CCNC(=NCc1ccnc(Oc2ccc(F)cc2)c1)N(C)CC1CCOC1.I. The van der Waals surface area contributed by atoms with Crippen molar-refractivity contribution < 1.29 is 13.9 Å². The van der Waals surface area contributed by atoms with Gasteiger partial charge in [0, 0.05) is 44.9 Å². The summed E-state index contributed by atoms with van der Waals surface area (Å²) in [6.07, 6.45) is 2.79. The number of pyridine rings is 1. The predicted octanol–water partition coefficient (Wildman–Crippen LogP) is 4.06. The maximum absolute atomic E-state index is 13.0. The summed E-state index contributed by atoms with van der Waals surface area (Å²) in [5.41, 5.74) is 0.986. The van der Waals surface area contributed by atoms with Gasteiger partial charge in [-0.2, -0.15) is 0 Å². The molecule has 1 aromatic heterocycles. The Kier molecular flexibility index (Phi) is 9.59. The van der Waals surface area contributed by atoms with Crippen LogP contribution in [0.15, 0.2) is 47.6 Å². The summed E-state index contributed by atoms with van der Waals surface area (Å²) in [5.74, 6) is 2.12. The van der Waals surface area contributed by atoms with Crippen molar-refractivity contribution in [1.29, 1.82) is 0 Å². The van der Waals surface area contributed by atoms with Gasteiger partial charge in [-0.25, -0.2) is 14.4 Å². The van der Waals surface area contributed by atoms with Gasteiger partial charge in [0.2, 0.25) is 5.88 Å². The summed E-state index contributed by atoms with van der Waals surface area (Å²) in [5, 5.41) is 3.34. The number of hydrogen-bond acceptors (Lipinski definition) is 4. The summed E-state index contributed by atoms with van der Waals surface area (Å²) >= 11 is 0. The Hall–Kier alpha value is -1.94. The van der Waals surface area contributed by atoms with Gasteiger partial charge in [-0.05, 0) is 49.2 Å². The normalized spacial score (nSPS) is 16.2. The van der Waals surface area contributed by atoms with Gasteiger partial charge in [-0.3, -0.25) is 0 Å². The standard InChI is InChI=1S/C21H27FN4O2.HI/c1-3-23-21(26(2)14-17-9-11-27-15-17)25-13-16-8-10-24-20(12-16)28-19-6-4-18(22)5-7-19;/h4-8,10,12,17H,3,9,11,13-15H2,1-2H3,(H,23,25);1H. The number of nitrogens with one attached hydrogen (secondary N) is 1. The second-order valence-corrected chi connectivity index (χ2v) is 6.84. The molecule has 1 N–H and O–H groups in total. The summed E-state index contributed by atoms with van der Waals surface area (Å²) in [7, 11) is 2.05. The number of rotatable bonds is 7. The van der Waals surface area contributed by atoms with E-state index in [4.69, 9.17) is 14.5 Å². The van der Waals surface area contributed by atoms with Crippen molar-refractivity contribution in [3.05, 3.63) is 54.0 Å². The summed E-state index contributed by atoms with van der Waals surface area (Å²) < 4.78 is 24.2. The molecule has 1 fully saturated rings. The number of benzene rings is 1. The minimum absolute atomic E-state index is 0. The second-order valence-electron chi connectivity index (χ2n) is 6.84. The van der Waals surface area contributed by atoms with Crippen LogP contribution < -0.4 is 10.1 Å². The Morgan fingerprint density at radius 3 is 2.83 bits per heavy atom. The van der Waals surface area contributed by atoms with Gasteiger partial charge in [-0.15, -0.1) is 24.0 Å². The van der Waals surface area contributed by atoms with Gasteiger partial charge in [0.05, 0.1) is 13.2 Å². The van der Waals surface area contributed by atoms with Gasteiger partial charge in [0.15, 0.2) is 5.96 Å². The van der Waals surface area contributed by atoms with Crippen LogP contribution in [0.1, 0.15) is 18.9 Å². The van der Waals surface area contributed by atoms with E-state index in [1.165, 1.54) is 12.1 Å². The predicted molar refractivity (Wildman–Crippen MR) is 122 cm³/mol. The highest BCUT2D eigenvalue weighted by atomic mass is 127. The topological polar surface area (TPSA) is 59.0 Å². The molecular formula is C21H28FIN4O2. The van der Waals surface area contributed by atoms with E-state index < -0.39 is 0 Å². The first-order valence-electron chi connectivity index (χ1n) is 9.59. The largest absolute Gasteiger partial charge is 0.439 e. The lowest BCUT2D eigenvalue weighted by Gasteiger charge is -2.24. The molecule has 29 heavy (non-hydrogen) atoms. The van der Waals surface area contributed by atoms with Crippen LogP contribution in [0.3, 0.4) is 0 Å². The molecule has 0 aliphatic carbocycles. The number of aliphatic imine (C=N–C) groups is 1. The summed E-state index contributed by atoms with van der Waals surface area (Å²) in [4.78, 5) is 11.1. The second kappa shape index (κ2) is 11.9. The van der Waals surface area contributed by atoms with Gasteiger partial charge >= 0.3 is 0 Å². The zero-order chi connectivity index (χ0) is 19.8. The van der Waals surface area contributed by atoms with Gasteiger partial charge in [-0.1, -0.05) is 0 Å². The molecule has 3 rings (SSSR count). The number of hydrogen-bond donors (Lipinski definition) is 1. The Balaban J connectivity index is 0.00000300. The molecule has 8 heteroatoms. The van der Waals surface area contributed by atoms with Crippen molar-refractivity contribution in [3.8, 4) is 11.6 Å². The fraction of sp³-hybridized carbons (Fsp3) is 0.429. The van der Waals surface area contributed by atoms with E-state index in [1.807, 2.05) is 12.1 Å². The van der Waals surface area contributed by atoms with E-state index in [0.717, 1.165) is 44.2 Å². The minimum atomic E-state index is -0.298. The van der Waals surface area contributed by atoms with Crippen molar-refractivity contribution in [3.63, 3.8) is 0 Å². The molecule has 2 heterocycles. The molecule has 0 amide bonds. The number of halogens is 2. The van der Waals surface area contributed by atoms with Crippen LogP contribution in [-0.4, -0.2) is 49.2 Å². The molecule has 1 atom stereocenters. The van der Waals surface area contributed by atoms with E-state index in [9.17, 15) is 4.39 Å². The first-order chi connectivity index (χ1) is 13.6. The molecule has 2 aromatic rings. The smallest absolute Gasteiger partial charge is 0.219 e. The van der Waals surface area contributed by atoms with Gasteiger partial charge in [0.25, 0.3) is 0 Å². The summed E-state index contributed by atoms with van der Waals surface area (Å²) in [6, 6.07) is 9.63. The lowest BCUT2D eigenvalue weighted by atomic mass is 10.1. The minimum Gasteiger partial charge on any atom is -0.439 e. The summed E-state index contributed by atoms with van der Waals surface area (Å²) in [6.45, 7) is 5.96. The van der Waals surface area contributed by atoms with Crippen molar-refractivity contribution in [1.82, 2.24) is 15.2 Å². The number of nitrogens with zero attached hydrogens (tertiary/aromatic N) is 3. The highest BCUT2D eigenvalue weighted by Gasteiger charge is 2.19. The fourth-order valence-electron chi connectivity index (χ4n) is 3.06. The highest BCUT2D eigenvalue weighted by molar-refractivity contribution is 14.0. The molecule has 0 bridgehead atoms. The lowest BCUT2D eigenvalue weighted by molar-refractivity contribution is 0.181. The van der Waals surface area contributed by atoms with Crippen LogP contribution in [0.25, 0.3) is 0 Å². The third-order valence-corrected chi connectivity index (χ3v) is 4.50. The van der Waals surface area contributed by atoms with E-state index in [-0.39, 0.29) is 29.8 Å². The fourth-order valence-corrected chi connectivity index (χ4v) is 3.06. The molecular weight excluding hydrogens is 486 g/mol. The monoisotopic (exact) mass is 514 g/mol. The van der Waals surface area contributed by atoms with Crippen LogP contribution in [0.4, 0.5) is 4.39 Å². The van der Waals surface area contributed by atoms with Crippen LogP contribution >= 0.6 is 24.0 Å². The third-order valence-electron chi connectivity index (χ3n) is 4.50. The average Bonchev–Trinajstić information content (AvgIpc) is 3.20. The van der Waals surface area contributed by atoms with Crippen LogP contribution in [0.5, 0.6) is 11.6 Å². The van der Waals surface area contributed by atoms with E-state index in [0.29, 0.717) is 24.1 Å². The van der Waals surface area contributed by atoms with Crippen LogP contribution in [0, 0.1) is 11.7 Å². The Labute approximate surface area is 188 Å². The molecule has 6 nitrogen and oxygen atoms in total. The van der Waals surface area contributed by atoms with Crippen molar-refractivity contribution in [2.75, 3.05) is 33.4 Å². The quantitative estimate of drug-likeness (QED) is 0.343. The first kappa shape index (κ1) is 23.3. The van der Waals surface area contributed by atoms with Gasteiger partial charge in [0.1, 0.15) is 11.6 Å². The average molecular weight is 514 g/mol. The first-order valence-corrected chi connectivity index (χ1v) is 9.59. The van der Waals surface area contributed by atoms with Crippen molar-refractivity contribution in [2.45, 2.75) is 19.9 Å². The maximum Gasteiger partial charge on any atom is 0.219 e. The molecule has 1 aliphatic rings. The highest BCUT2D eigenvalue weighted by Crippen LogP contribution is 2.20. The Bertz CT molecular complexity index is 783. The molecule has 1 aromatic carbocycles. The van der Waals surface area contributed by atoms with Crippen LogP contribution in [-0.2, 0) is 11.3 Å². The van der Waals surface area contributed by atoms with E-state index in [2.05, 4.69) is 29.2 Å². The Morgan fingerprint density at radius 1 is 1.34 bits per heavy atom.